The summed E-state index contributed by atoms with van der Waals surface area (Å²) in [6.07, 6.45) is 0. The molecule has 43 heavy (non-hydrogen) atoms. The predicted molar refractivity (Wildman–Crippen MR) is 190 cm³/mol. The lowest BCUT2D eigenvalue weighted by atomic mass is 9.94. The van der Waals surface area contributed by atoms with E-state index in [1.165, 1.54) is 0 Å². The Kier molecular flexibility index (Phi) is 16.9. The van der Waals surface area contributed by atoms with E-state index in [0.717, 1.165) is 72.6 Å². The van der Waals surface area contributed by atoms with Gasteiger partial charge < -0.3 is 10.4 Å². The first-order chi connectivity index (χ1) is 19.0. The number of hydrogen-bond acceptors (Lipinski definition) is 7. The highest BCUT2D eigenvalue weighted by atomic mass is 16.3. The van der Waals surface area contributed by atoms with Crippen molar-refractivity contribution in [1.82, 2.24) is 29.8 Å². The van der Waals surface area contributed by atoms with Gasteiger partial charge in [-0.3, -0.25) is 24.5 Å². The molecule has 0 unspecified atom stereocenters. The third-order valence-electron chi connectivity index (χ3n) is 6.28. The van der Waals surface area contributed by atoms with Crippen LogP contribution in [0.15, 0.2) is 0 Å². The number of nitrogens with zero attached hydrogens (tertiary/aromatic N) is 5. The smallest absolute Gasteiger partial charge is 0.0966 e. The average Bonchev–Trinajstić information content (AvgIpc) is 2.66. The summed E-state index contributed by atoms with van der Waals surface area (Å²) < 4.78 is 0. The minimum atomic E-state index is 0.108. The zero-order valence-corrected chi connectivity index (χ0v) is 32.7. The SMILES string of the molecule is CC(C)(C)CN1CN(CC(C)(C)C)CN(CC(C)(C)C)C1.CC(C)(C)CNCN(CN(CO)CC(C)(C)C)CC(C)(C)C. The molecule has 0 saturated carbocycles. The molecular weight excluding hydrogens is 532 g/mol. The number of nitrogens with one attached hydrogen (secondary N) is 1. The summed E-state index contributed by atoms with van der Waals surface area (Å²) in [5, 5.41) is 13.2. The van der Waals surface area contributed by atoms with Gasteiger partial charge in [0.05, 0.1) is 33.4 Å². The van der Waals surface area contributed by atoms with Gasteiger partial charge in [-0.1, -0.05) is 125 Å². The van der Waals surface area contributed by atoms with Crippen LogP contribution in [0.4, 0.5) is 0 Å². The van der Waals surface area contributed by atoms with E-state index in [2.05, 4.69) is 154 Å². The van der Waals surface area contributed by atoms with Crippen LogP contribution in [0.2, 0.25) is 0 Å². The minimum Gasteiger partial charge on any atom is -0.381 e. The van der Waals surface area contributed by atoms with Crippen molar-refractivity contribution in [3.05, 3.63) is 0 Å². The maximum Gasteiger partial charge on any atom is 0.0966 e. The predicted octanol–water partition coefficient (Wildman–Crippen LogP) is 7.10. The molecule has 0 aromatic rings. The Morgan fingerprint density at radius 1 is 0.488 bits per heavy atom. The summed E-state index contributed by atoms with van der Waals surface area (Å²) in [7, 11) is 0. The fourth-order valence-corrected chi connectivity index (χ4v) is 5.81. The van der Waals surface area contributed by atoms with Crippen molar-refractivity contribution in [3.63, 3.8) is 0 Å². The molecule has 1 heterocycles. The van der Waals surface area contributed by atoms with Gasteiger partial charge in [0.2, 0.25) is 0 Å². The Labute approximate surface area is 271 Å². The van der Waals surface area contributed by atoms with Crippen LogP contribution in [0.1, 0.15) is 125 Å². The van der Waals surface area contributed by atoms with Gasteiger partial charge in [-0.25, -0.2) is 0 Å². The molecular formula is C36H80N6O. The molecule has 0 aliphatic carbocycles. The highest BCUT2D eigenvalue weighted by Gasteiger charge is 2.30. The molecule has 0 spiro atoms. The zero-order chi connectivity index (χ0) is 34.1. The van der Waals surface area contributed by atoms with Crippen LogP contribution < -0.4 is 5.32 Å². The zero-order valence-electron chi connectivity index (χ0n) is 32.7. The van der Waals surface area contributed by atoms with Gasteiger partial charge in [-0.05, 0) is 32.5 Å². The molecule has 1 rings (SSSR count). The van der Waals surface area contributed by atoms with Crippen molar-refractivity contribution in [2.45, 2.75) is 125 Å². The normalized spacial score (nSPS) is 17.5. The third-order valence-corrected chi connectivity index (χ3v) is 6.28. The molecule has 1 aliphatic rings. The Morgan fingerprint density at radius 3 is 1.07 bits per heavy atom. The van der Waals surface area contributed by atoms with Crippen LogP contribution in [0.5, 0.6) is 0 Å². The molecule has 0 bridgehead atoms. The van der Waals surface area contributed by atoms with Gasteiger partial charge in [0, 0.05) is 45.9 Å². The fourth-order valence-electron chi connectivity index (χ4n) is 5.81. The van der Waals surface area contributed by atoms with Crippen LogP contribution in [0.25, 0.3) is 0 Å². The summed E-state index contributed by atoms with van der Waals surface area (Å²) in [6, 6.07) is 0. The third kappa shape index (κ3) is 26.6. The molecule has 1 fully saturated rings. The van der Waals surface area contributed by atoms with Crippen molar-refractivity contribution in [2.75, 3.05) is 79.3 Å². The first-order valence-electron chi connectivity index (χ1n) is 16.9. The van der Waals surface area contributed by atoms with Crippen molar-refractivity contribution < 1.29 is 5.11 Å². The first-order valence-corrected chi connectivity index (χ1v) is 16.9. The molecule has 0 atom stereocenters. The Hall–Kier alpha value is -0.280. The molecule has 2 N–H and O–H groups in total. The highest BCUT2D eigenvalue weighted by Crippen LogP contribution is 2.24. The quantitative estimate of drug-likeness (QED) is 0.241. The van der Waals surface area contributed by atoms with Crippen LogP contribution in [-0.2, 0) is 0 Å². The molecule has 7 nitrogen and oxygen atoms in total. The lowest BCUT2D eigenvalue weighted by Gasteiger charge is -2.47. The van der Waals surface area contributed by atoms with E-state index in [-0.39, 0.29) is 23.0 Å². The van der Waals surface area contributed by atoms with Crippen LogP contribution in [0.3, 0.4) is 0 Å². The first kappa shape index (κ1) is 42.7. The molecule has 0 aromatic heterocycles. The lowest BCUT2D eigenvalue weighted by molar-refractivity contribution is -0.0633. The van der Waals surface area contributed by atoms with Gasteiger partial charge in [0.15, 0.2) is 0 Å². The summed E-state index contributed by atoms with van der Waals surface area (Å²) in [5.41, 5.74) is 1.80. The monoisotopic (exact) mass is 613 g/mol. The Bertz CT molecular complexity index is 684. The second-order valence-corrected chi connectivity index (χ2v) is 20.8. The summed E-state index contributed by atoms with van der Waals surface area (Å²) >= 11 is 0. The van der Waals surface area contributed by atoms with Crippen LogP contribution >= 0.6 is 0 Å². The number of hydrogen-bond donors (Lipinski definition) is 2. The molecule has 0 aromatic carbocycles. The van der Waals surface area contributed by atoms with E-state index in [0.29, 0.717) is 16.2 Å². The lowest BCUT2D eigenvalue weighted by Crippen LogP contribution is -2.58. The van der Waals surface area contributed by atoms with Crippen molar-refractivity contribution >= 4 is 0 Å². The van der Waals surface area contributed by atoms with Crippen LogP contribution in [0, 0.1) is 32.5 Å². The Balaban J connectivity index is 0.000000821. The number of rotatable bonds is 11. The van der Waals surface area contributed by atoms with E-state index in [4.69, 9.17) is 0 Å². The number of aliphatic hydroxyl groups is 1. The van der Waals surface area contributed by atoms with Gasteiger partial charge in [-0.15, -0.1) is 0 Å². The molecule has 1 aliphatic heterocycles. The molecule has 0 amide bonds. The summed E-state index contributed by atoms with van der Waals surface area (Å²) in [4.78, 5) is 12.3. The largest absolute Gasteiger partial charge is 0.381 e. The van der Waals surface area contributed by atoms with E-state index < -0.39 is 0 Å². The molecule has 0 radical (unpaired) electrons. The van der Waals surface area contributed by atoms with E-state index >= 15 is 0 Å². The van der Waals surface area contributed by atoms with Crippen LogP contribution in [-0.4, -0.2) is 109 Å². The standard InChI is InChI=1S/C18H41N3O.C18H39N3/c1-16(2,3)10-19-13-20(11-17(4,5)6)14-21(15-22)12-18(7,8)9;1-16(2,3)10-19-13-20(11-17(4,5)6)15-21(14-19)12-18(7,8)9/h19,22H,10-15H2,1-9H3;10-15H2,1-9H3. The number of aliphatic hydroxyl groups excluding tert-OH is 1. The van der Waals surface area contributed by atoms with Gasteiger partial charge in [0.1, 0.15) is 0 Å². The van der Waals surface area contributed by atoms with E-state index in [9.17, 15) is 5.11 Å². The van der Waals surface area contributed by atoms with E-state index in [1.54, 1.807) is 0 Å². The molecule has 260 valence electrons. The average molecular weight is 613 g/mol. The second-order valence-electron chi connectivity index (χ2n) is 20.8. The van der Waals surface area contributed by atoms with Crippen molar-refractivity contribution in [1.29, 1.82) is 0 Å². The van der Waals surface area contributed by atoms with Gasteiger partial charge in [0.25, 0.3) is 0 Å². The van der Waals surface area contributed by atoms with Crippen molar-refractivity contribution in [2.24, 2.45) is 32.5 Å². The maximum atomic E-state index is 9.67. The fraction of sp³-hybridized carbons (Fsp3) is 1.00. The van der Waals surface area contributed by atoms with E-state index in [1.807, 2.05) is 0 Å². The van der Waals surface area contributed by atoms with Crippen molar-refractivity contribution in [3.8, 4) is 0 Å². The maximum absolute atomic E-state index is 9.67. The summed E-state index contributed by atoms with van der Waals surface area (Å²) in [5.74, 6) is 0. The topological polar surface area (TPSA) is 48.5 Å². The molecule has 1 saturated heterocycles. The second kappa shape index (κ2) is 17.0. The summed E-state index contributed by atoms with van der Waals surface area (Å²) in [6.45, 7) is 52.6. The van der Waals surface area contributed by atoms with Gasteiger partial charge >= 0.3 is 0 Å². The Morgan fingerprint density at radius 2 is 0.814 bits per heavy atom. The minimum absolute atomic E-state index is 0.108. The highest BCUT2D eigenvalue weighted by molar-refractivity contribution is 4.80. The van der Waals surface area contributed by atoms with Gasteiger partial charge in [-0.2, -0.15) is 0 Å². The molecule has 7 heteroatoms.